The van der Waals surface area contributed by atoms with Gasteiger partial charge in [0.15, 0.2) is 0 Å². The Morgan fingerprint density at radius 1 is 1.14 bits per heavy atom. The molecule has 0 bridgehead atoms. The molecule has 1 aromatic carbocycles. The number of carbonyl (C=O) groups excluding carboxylic acids is 2. The number of hydrogen-bond acceptors (Lipinski definition) is 5. The molecule has 0 radical (unpaired) electrons. The van der Waals surface area contributed by atoms with Gasteiger partial charge in [-0.3, -0.25) is 9.59 Å². The lowest BCUT2D eigenvalue weighted by molar-refractivity contribution is -0.105. The van der Waals surface area contributed by atoms with Crippen molar-refractivity contribution in [2.24, 2.45) is 5.92 Å². The minimum atomic E-state index is -0.279. The third-order valence-electron chi connectivity index (χ3n) is 6.16. The molecule has 1 aliphatic rings. The Balaban J connectivity index is 0.000000877. The highest BCUT2D eigenvalue weighted by Crippen LogP contribution is 2.38. The van der Waals surface area contributed by atoms with Gasteiger partial charge in [-0.25, -0.2) is 4.39 Å². The van der Waals surface area contributed by atoms with Crippen LogP contribution < -0.4 is 0 Å². The monoisotopic (exact) mass is 492 g/mol. The normalized spacial score (nSPS) is 17.7. The first-order chi connectivity index (χ1) is 16.8. The Kier molecular flexibility index (Phi) is 18.8. The minimum Gasteiger partial charge on any atom is -0.396 e. The fourth-order valence-electron chi connectivity index (χ4n) is 4.08. The molecule has 0 saturated heterocycles. The molecule has 5 nitrogen and oxygen atoms in total. The average molecular weight is 493 g/mol. The number of halogens is 1. The van der Waals surface area contributed by atoms with E-state index in [0.717, 1.165) is 17.8 Å². The van der Waals surface area contributed by atoms with Crippen LogP contribution >= 0.6 is 0 Å². The first-order valence-corrected chi connectivity index (χ1v) is 12.5. The van der Waals surface area contributed by atoms with E-state index in [0.29, 0.717) is 29.9 Å². The molecule has 0 heterocycles. The number of methoxy groups -OCH3 is 1. The minimum absolute atomic E-state index is 0.0903. The molecule has 2 rings (SSSR count). The third-order valence-corrected chi connectivity index (χ3v) is 6.16. The molecule has 1 aliphatic carbocycles. The largest absolute Gasteiger partial charge is 0.396 e. The number of unbranched alkanes of at least 4 members (excludes halogenated alkanes) is 2. The molecule has 2 N–H and O–H groups in total. The van der Waals surface area contributed by atoms with E-state index in [1.165, 1.54) is 51.4 Å². The highest BCUT2D eigenvalue weighted by Gasteiger charge is 2.23. The number of aliphatic hydroxyl groups excluding tert-OH is 2. The second-order valence-electron chi connectivity index (χ2n) is 9.23. The summed E-state index contributed by atoms with van der Waals surface area (Å²) >= 11 is 0. The van der Waals surface area contributed by atoms with Gasteiger partial charge in [0.1, 0.15) is 18.4 Å². The fraction of sp³-hybridized carbons (Fsp3) is 0.586. The van der Waals surface area contributed by atoms with Gasteiger partial charge < -0.3 is 14.9 Å². The van der Waals surface area contributed by atoms with Crippen LogP contribution in [0.15, 0.2) is 42.5 Å². The van der Waals surface area contributed by atoms with Crippen LogP contribution in [0.4, 0.5) is 4.39 Å². The summed E-state index contributed by atoms with van der Waals surface area (Å²) in [7, 11) is 1.58. The van der Waals surface area contributed by atoms with E-state index < -0.39 is 0 Å². The second kappa shape index (κ2) is 20.1. The topological polar surface area (TPSA) is 83.8 Å². The van der Waals surface area contributed by atoms with E-state index in [2.05, 4.69) is 26.1 Å². The van der Waals surface area contributed by atoms with Crippen LogP contribution in [-0.2, 0) is 14.3 Å². The van der Waals surface area contributed by atoms with Gasteiger partial charge >= 0.3 is 0 Å². The van der Waals surface area contributed by atoms with Crippen LogP contribution in [0.3, 0.4) is 0 Å². The van der Waals surface area contributed by atoms with Crippen LogP contribution in [0.5, 0.6) is 0 Å². The summed E-state index contributed by atoms with van der Waals surface area (Å²) in [5, 5.41) is 17.4. The van der Waals surface area contributed by atoms with E-state index >= 15 is 0 Å². The Morgan fingerprint density at radius 3 is 2.17 bits per heavy atom. The number of aliphatic hydroxyl groups is 2. The van der Waals surface area contributed by atoms with Gasteiger partial charge in [-0.05, 0) is 67.2 Å². The summed E-state index contributed by atoms with van der Waals surface area (Å²) in [5.41, 5.74) is 2.48. The Labute approximate surface area is 211 Å². The smallest absolute Gasteiger partial charge is 0.147 e. The zero-order valence-electron chi connectivity index (χ0n) is 21.8. The molecule has 0 spiro atoms. The number of carbonyl (C=O) groups is 2. The summed E-state index contributed by atoms with van der Waals surface area (Å²) in [6.45, 7) is 10.4. The van der Waals surface area contributed by atoms with Gasteiger partial charge in [-0.2, -0.15) is 0 Å². The van der Waals surface area contributed by atoms with E-state index in [9.17, 15) is 19.1 Å². The molecule has 1 aromatic rings. The molecule has 198 valence electrons. The van der Waals surface area contributed by atoms with Crippen molar-refractivity contribution < 1.29 is 28.9 Å². The number of aldehydes is 2. The van der Waals surface area contributed by atoms with Gasteiger partial charge in [-0.15, -0.1) is 0 Å². The lowest BCUT2D eigenvalue weighted by Crippen LogP contribution is -2.15. The van der Waals surface area contributed by atoms with Gasteiger partial charge in [0.25, 0.3) is 0 Å². The summed E-state index contributed by atoms with van der Waals surface area (Å²) in [6.07, 6.45) is 11.5. The quantitative estimate of drug-likeness (QED) is 0.216. The van der Waals surface area contributed by atoms with Gasteiger partial charge in [-0.1, -0.05) is 57.9 Å². The van der Waals surface area contributed by atoms with Crippen molar-refractivity contribution in [3.8, 4) is 0 Å². The number of hydrogen-bond donors (Lipinski definition) is 2. The maximum absolute atomic E-state index is 14.5. The maximum atomic E-state index is 14.5. The Hall–Kier alpha value is -2.15. The molecule has 0 aromatic heterocycles. The molecule has 1 fully saturated rings. The first-order valence-electron chi connectivity index (χ1n) is 12.5. The molecule has 0 aliphatic heterocycles. The van der Waals surface area contributed by atoms with Crippen molar-refractivity contribution in [1.82, 2.24) is 0 Å². The molecule has 35 heavy (non-hydrogen) atoms. The number of allylic oxidation sites excluding steroid dienone is 1. The zero-order chi connectivity index (χ0) is 26.6. The lowest BCUT2D eigenvalue weighted by Gasteiger charge is -2.29. The predicted molar refractivity (Wildman–Crippen MR) is 140 cm³/mol. The number of ether oxygens (including phenoxy) is 1. The third kappa shape index (κ3) is 14.1. The van der Waals surface area contributed by atoms with Crippen molar-refractivity contribution in [3.63, 3.8) is 0 Å². The van der Waals surface area contributed by atoms with Crippen molar-refractivity contribution in [1.29, 1.82) is 0 Å². The highest BCUT2D eigenvalue weighted by atomic mass is 19.1. The summed E-state index contributed by atoms with van der Waals surface area (Å²) in [5.74, 6) is 0.885. The second-order valence-corrected chi connectivity index (χ2v) is 9.23. The Morgan fingerprint density at radius 2 is 1.77 bits per heavy atom. The number of benzene rings is 1. The van der Waals surface area contributed by atoms with E-state index in [1.54, 1.807) is 20.1 Å². The summed E-state index contributed by atoms with van der Waals surface area (Å²) < 4.78 is 19.6. The molecule has 1 saturated carbocycles. The van der Waals surface area contributed by atoms with Crippen LogP contribution in [0, 0.1) is 11.7 Å². The standard InChI is InChI=1S/C21H33FO2.C4H6O2.C4H6O/c1-3-4-5-6-16-7-9-17(10-8-16)18-11-12-20(21(22)13-18)19(14-23)15-24-2;1-4(2-5)3-6;1-4(2)3-5/h11-13,16-17,19,23H,3-10,14-15H2,1-2H3;2,6H,1,3H2;3H,1H2,2H3. The van der Waals surface area contributed by atoms with Gasteiger partial charge in [0, 0.05) is 18.6 Å². The average Bonchev–Trinajstić information content (AvgIpc) is 2.88. The fourth-order valence-corrected chi connectivity index (χ4v) is 4.08. The number of rotatable bonds is 12. The van der Waals surface area contributed by atoms with E-state index in [-0.39, 0.29) is 30.5 Å². The van der Waals surface area contributed by atoms with Crippen molar-refractivity contribution >= 4 is 12.6 Å². The molecule has 1 unspecified atom stereocenters. The summed E-state index contributed by atoms with van der Waals surface area (Å²) in [4.78, 5) is 18.9. The van der Waals surface area contributed by atoms with Gasteiger partial charge in [0.2, 0.25) is 0 Å². The molecule has 0 amide bonds. The first kappa shape index (κ1) is 32.8. The summed E-state index contributed by atoms with van der Waals surface area (Å²) in [6, 6.07) is 5.59. The van der Waals surface area contributed by atoms with Crippen LogP contribution in [0.25, 0.3) is 0 Å². The maximum Gasteiger partial charge on any atom is 0.147 e. The van der Waals surface area contributed by atoms with Crippen LogP contribution in [-0.4, -0.2) is 49.7 Å². The van der Waals surface area contributed by atoms with Crippen molar-refractivity contribution in [2.75, 3.05) is 26.9 Å². The zero-order valence-corrected chi connectivity index (χ0v) is 21.8. The van der Waals surface area contributed by atoms with Gasteiger partial charge in [0.05, 0.1) is 19.8 Å². The van der Waals surface area contributed by atoms with E-state index in [4.69, 9.17) is 9.84 Å². The van der Waals surface area contributed by atoms with Crippen molar-refractivity contribution in [3.05, 3.63) is 59.4 Å². The Bertz CT molecular complexity index is 753. The van der Waals surface area contributed by atoms with Crippen LogP contribution in [0.2, 0.25) is 0 Å². The highest BCUT2D eigenvalue weighted by molar-refractivity contribution is 5.72. The predicted octanol–water partition coefficient (Wildman–Crippen LogP) is 5.90. The van der Waals surface area contributed by atoms with Crippen LogP contribution in [0.1, 0.15) is 88.2 Å². The lowest BCUT2D eigenvalue weighted by atomic mass is 9.76. The van der Waals surface area contributed by atoms with E-state index in [1.807, 2.05) is 6.07 Å². The SMILES string of the molecule is C=C(C)C=O.C=C(C=O)CO.CCCCCC1CCC(c2ccc(C(CO)COC)c(F)c2)CC1. The molecular formula is C29H45FO5. The molecular weight excluding hydrogens is 447 g/mol. The van der Waals surface area contributed by atoms with Crippen molar-refractivity contribution in [2.45, 2.75) is 77.0 Å². The molecule has 1 atom stereocenters. The molecule has 6 heteroatoms.